The van der Waals surface area contributed by atoms with Gasteiger partial charge in [0.15, 0.2) is 0 Å². The van der Waals surface area contributed by atoms with Crippen molar-refractivity contribution in [3.8, 4) is 62.2 Å². The van der Waals surface area contributed by atoms with Gasteiger partial charge in [0.25, 0.3) is 0 Å². The Bertz CT molecular complexity index is 4860. The molecule has 6 nitrogen and oxygen atoms in total. The maximum absolute atomic E-state index is 7.66. The van der Waals surface area contributed by atoms with Gasteiger partial charge in [0.1, 0.15) is 11.5 Å². The van der Waals surface area contributed by atoms with Gasteiger partial charge in [0.2, 0.25) is 0 Å². The average Bonchev–Trinajstić information content (AvgIpc) is 4.34. The molecule has 17 rings (SSSR count). The van der Waals surface area contributed by atoms with Crippen LogP contribution in [0.4, 0.5) is 0 Å². The molecule has 15 aromatic rings. The summed E-state index contributed by atoms with van der Waals surface area (Å²) >= 11 is 0. The number of para-hydroxylation sites is 7. The largest absolute Gasteiger partial charge is 0.455 e. The molecule has 0 unspecified atom stereocenters. The summed E-state index contributed by atoms with van der Waals surface area (Å²) in [7, 11) is 0. The Morgan fingerprint density at radius 1 is 0.286 bits per heavy atom. The van der Waals surface area contributed by atoms with Crippen molar-refractivity contribution in [1.29, 1.82) is 0 Å². The van der Waals surface area contributed by atoms with Crippen LogP contribution in [-0.4, -0.2) is 23.7 Å². The van der Waals surface area contributed by atoms with Crippen LogP contribution in [0.2, 0.25) is 0 Å². The first-order valence-corrected chi connectivity index (χ1v) is 26.3. The van der Waals surface area contributed by atoms with Gasteiger partial charge in [0, 0.05) is 84.0 Å². The Morgan fingerprint density at radius 3 is 1.09 bits per heavy atom. The fourth-order valence-corrected chi connectivity index (χ4v) is 13.5. The Labute approximate surface area is 442 Å². The van der Waals surface area contributed by atoms with E-state index >= 15 is 0 Å². The molecule has 6 heteroatoms. The maximum atomic E-state index is 7.66. The molecule has 0 fully saturated rings. The molecule has 358 valence electrons. The van der Waals surface area contributed by atoms with Gasteiger partial charge in [-0.3, -0.25) is 9.97 Å². The Morgan fingerprint density at radius 2 is 0.649 bits per heavy atom. The summed E-state index contributed by atoms with van der Waals surface area (Å²) in [4.78, 5) is 10.1. The molecule has 0 saturated heterocycles. The fraction of sp³-hybridized carbons (Fsp3) is 0.0141. The number of benzene rings is 10. The van der Waals surface area contributed by atoms with Crippen molar-refractivity contribution in [2.75, 3.05) is 0 Å². The minimum absolute atomic E-state index is 0.777. The van der Waals surface area contributed by atoms with Crippen molar-refractivity contribution in [2.24, 2.45) is 0 Å². The highest BCUT2D eigenvalue weighted by Crippen LogP contribution is 2.64. The van der Waals surface area contributed by atoms with Gasteiger partial charge in [-0.25, -0.2) is 0 Å². The molecule has 0 radical (unpaired) electrons. The van der Waals surface area contributed by atoms with E-state index in [-0.39, 0.29) is 0 Å². The van der Waals surface area contributed by atoms with Gasteiger partial charge in [0.05, 0.1) is 49.9 Å². The van der Waals surface area contributed by atoms with Gasteiger partial charge in [-0.15, -0.1) is 0 Å². The molecule has 0 amide bonds. The lowest BCUT2D eigenvalue weighted by molar-refractivity contribution is 0.439. The highest BCUT2D eigenvalue weighted by molar-refractivity contribution is 6.13. The normalized spacial score (nSPS) is 13.1. The van der Waals surface area contributed by atoms with Gasteiger partial charge in [-0.1, -0.05) is 152 Å². The average molecular weight is 982 g/mol. The number of ether oxygens (including phenoxy) is 1. The van der Waals surface area contributed by atoms with E-state index in [0.29, 0.717) is 0 Å². The van der Waals surface area contributed by atoms with Crippen molar-refractivity contribution >= 4 is 65.4 Å². The molecule has 2 aliphatic rings. The number of rotatable bonds is 5. The van der Waals surface area contributed by atoms with Crippen LogP contribution < -0.4 is 4.74 Å². The van der Waals surface area contributed by atoms with Crippen molar-refractivity contribution in [3.63, 3.8) is 0 Å². The maximum Gasteiger partial charge on any atom is 0.140 e. The summed E-state index contributed by atoms with van der Waals surface area (Å²) in [5.74, 6) is 1.65. The minimum atomic E-state index is -0.777. The van der Waals surface area contributed by atoms with Crippen LogP contribution in [0.15, 0.2) is 261 Å². The summed E-state index contributed by atoms with van der Waals surface area (Å²) in [5, 5.41) is 7.24. The monoisotopic (exact) mass is 981 g/mol. The fourth-order valence-electron chi connectivity index (χ4n) is 13.5. The Kier molecular flexibility index (Phi) is 8.67. The van der Waals surface area contributed by atoms with E-state index in [4.69, 9.17) is 14.7 Å². The van der Waals surface area contributed by atoms with Gasteiger partial charge < -0.3 is 18.4 Å². The van der Waals surface area contributed by atoms with Gasteiger partial charge >= 0.3 is 0 Å². The lowest BCUT2D eigenvalue weighted by Gasteiger charge is -2.40. The quantitative estimate of drug-likeness (QED) is 0.173. The number of hydrogen-bond donors (Lipinski definition) is 0. The molecule has 1 aliphatic heterocycles. The molecule has 6 heterocycles. The molecule has 0 atom stereocenters. The molecule has 1 spiro atoms. The first-order chi connectivity index (χ1) is 38.2. The lowest BCUT2D eigenvalue weighted by atomic mass is 9.65. The van der Waals surface area contributed by atoms with Crippen LogP contribution in [0.25, 0.3) is 116 Å². The summed E-state index contributed by atoms with van der Waals surface area (Å²) in [6.07, 6.45) is 3.77. The first kappa shape index (κ1) is 42.1. The summed E-state index contributed by atoms with van der Waals surface area (Å²) < 4.78 is 14.8. The van der Waals surface area contributed by atoms with E-state index in [9.17, 15) is 0 Å². The van der Waals surface area contributed by atoms with Crippen LogP contribution in [0.3, 0.4) is 0 Å². The molecule has 0 N–H and O–H groups in total. The summed E-state index contributed by atoms with van der Waals surface area (Å²) in [6.45, 7) is 0. The van der Waals surface area contributed by atoms with Crippen molar-refractivity contribution in [1.82, 2.24) is 23.7 Å². The summed E-state index contributed by atoms with van der Waals surface area (Å²) in [5.41, 5.74) is 19.9. The molecule has 1 aliphatic carbocycles. The third-order valence-corrected chi connectivity index (χ3v) is 16.6. The summed E-state index contributed by atoms with van der Waals surface area (Å²) in [6, 6.07) is 90.3. The van der Waals surface area contributed by atoms with E-state index in [1.54, 1.807) is 0 Å². The minimum Gasteiger partial charge on any atom is -0.455 e. The highest BCUT2D eigenvalue weighted by atomic mass is 16.5. The highest BCUT2D eigenvalue weighted by Gasteiger charge is 2.53. The molecule has 0 saturated carbocycles. The smallest absolute Gasteiger partial charge is 0.140 e. The van der Waals surface area contributed by atoms with Crippen LogP contribution in [-0.2, 0) is 5.41 Å². The number of nitrogens with zero attached hydrogens (tertiary/aromatic N) is 5. The lowest BCUT2D eigenvalue weighted by Crippen LogP contribution is -2.32. The van der Waals surface area contributed by atoms with E-state index in [0.717, 1.165) is 101 Å². The number of hydrogen-bond acceptors (Lipinski definition) is 3. The Hall–Kier alpha value is -10.3. The second-order valence-electron chi connectivity index (χ2n) is 20.4. The predicted molar refractivity (Wildman–Crippen MR) is 313 cm³/mol. The predicted octanol–water partition coefficient (Wildman–Crippen LogP) is 17.6. The standard InChI is InChI=1S/C71H43N5O/c1-2-16-46(17-3-1)74-63-30-10-6-20-53(63)55-42-44(32-38-65(55)74)49-22-12-24-59-69(49)77-70-50(23-13-25-60(70)71(59)57-26-14-40-72-67(57)68-58(71)27-15-41-73-68)45-33-39-66-56(43-45)54-21-7-11-31-64(54)76(66)48-36-34-47(35-37-48)75-61-28-8-4-18-51(61)52-19-5-9-29-62(52)75/h1-43H. The van der Waals surface area contributed by atoms with Crippen LogP contribution in [0.1, 0.15) is 22.3 Å². The molecule has 10 aromatic carbocycles. The van der Waals surface area contributed by atoms with Crippen molar-refractivity contribution in [2.45, 2.75) is 5.41 Å². The molecule has 77 heavy (non-hydrogen) atoms. The molecular weight excluding hydrogens is 939 g/mol. The van der Waals surface area contributed by atoms with E-state index in [2.05, 4.69) is 262 Å². The number of pyridine rings is 2. The van der Waals surface area contributed by atoms with Gasteiger partial charge in [-0.05, 0) is 119 Å². The van der Waals surface area contributed by atoms with E-state index in [1.165, 1.54) is 48.9 Å². The van der Waals surface area contributed by atoms with Crippen molar-refractivity contribution < 1.29 is 4.74 Å². The number of fused-ring (bicyclic) bond motifs is 18. The van der Waals surface area contributed by atoms with E-state index in [1.807, 2.05) is 12.4 Å². The van der Waals surface area contributed by atoms with Crippen LogP contribution in [0, 0.1) is 0 Å². The molecule has 0 bridgehead atoms. The Balaban J connectivity index is 0.857. The topological polar surface area (TPSA) is 49.8 Å². The second-order valence-corrected chi connectivity index (χ2v) is 20.4. The first-order valence-electron chi connectivity index (χ1n) is 26.3. The zero-order valence-electron chi connectivity index (χ0n) is 41.5. The van der Waals surface area contributed by atoms with Gasteiger partial charge in [-0.2, -0.15) is 0 Å². The zero-order chi connectivity index (χ0) is 50.3. The SMILES string of the molecule is c1ccc(-n2c3ccccc3c3cc(-c4cccc5c4Oc4c(-c6ccc7c(c6)c6ccccc6n7-c6ccc(-n7c8ccccc8c8ccccc87)cc6)cccc4C54c5cccnc5-c5ncccc54)ccc32)cc1. The van der Waals surface area contributed by atoms with E-state index < -0.39 is 5.41 Å². The third-order valence-electron chi connectivity index (χ3n) is 16.6. The second kappa shape index (κ2) is 15.9. The van der Waals surface area contributed by atoms with Crippen LogP contribution >= 0.6 is 0 Å². The zero-order valence-corrected chi connectivity index (χ0v) is 41.5. The number of aromatic nitrogens is 5. The molecule has 5 aromatic heterocycles. The van der Waals surface area contributed by atoms with Crippen LogP contribution in [0.5, 0.6) is 11.5 Å². The van der Waals surface area contributed by atoms with Crippen molar-refractivity contribution in [3.05, 3.63) is 283 Å². The molecular formula is C71H43N5O. The third kappa shape index (κ3) is 5.73.